The van der Waals surface area contributed by atoms with Crippen LogP contribution in [-0.4, -0.2) is 32.4 Å². The first-order chi connectivity index (χ1) is 17.0. The number of nitrogens with two attached hydrogens (primary N) is 1. The monoisotopic (exact) mass is 473 g/mol. The summed E-state index contributed by atoms with van der Waals surface area (Å²) in [5.41, 5.74) is 10.1. The number of rotatable bonds is 6. The number of piperidine rings is 1. The predicted octanol–water partition coefficient (Wildman–Crippen LogP) is 3.57. The molecule has 1 aliphatic heterocycles. The van der Waals surface area contributed by atoms with Gasteiger partial charge in [-0.3, -0.25) is 14.2 Å². The minimum Gasteiger partial charge on any atom is -0.398 e. The Morgan fingerprint density at radius 3 is 2.60 bits per heavy atom. The number of hydrogen-bond acceptors (Lipinski definition) is 6. The maximum absolute atomic E-state index is 13.7. The molecule has 1 fully saturated rings. The molecule has 1 aliphatic rings. The second-order valence-electron chi connectivity index (χ2n) is 8.70. The Labute approximate surface area is 202 Å². The van der Waals surface area contributed by atoms with Gasteiger partial charge in [0.2, 0.25) is 5.95 Å². The zero-order chi connectivity index (χ0) is 24.4. The van der Waals surface area contributed by atoms with E-state index in [0.717, 1.165) is 31.5 Å². The van der Waals surface area contributed by atoms with Crippen LogP contribution in [0.5, 0.6) is 0 Å². The van der Waals surface area contributed by atoms with Crippen LogP contribution in [0.1, 0.15) is 24.4 Å². The Balaban J connectivity index is 1.60. The molecule has 0 saturated carbocycles. The quantitative estimate of drug-likeness (QED) is 0.370. The van der Waals surface area contributed by atoms with Gasteiger partial charge in [-0.15, -0.1) is 0 Å². The van der Waals surface area contributed by atoms with E-state index in [0.29, 0.717) is 40.7 Å². The van der Waals surface area contributed by atoms with Gasteiger partial charge < -0.3 is 16.4 Å². The lowest BCUT2D eigenvalue weighted by molar-refractivity contribution is 0.313. The molecule has 2 aromatic carbocycles. The molecule has 5 rings (SSSR count). The van der Waals surface area contributed by atoms with Crippen molar-refractivity contribution >= 4 is 11.6 Å². The van der Waals surface area contributed by atoms with Crippen molar-refractivity contribution < 1.29 is 4.39 Å². The van der Waals surface area contributed by atoms with Crippen molar-refractivity contribution in [3.05, 3.63) is 82.5 Å². The van der Waals surface area contributed by atoms with Crippen LogP contribution >= 0.6 is 0 Å². The lowest BCUT2D eigenvalue weighted by Gasteiger charge is -2.27. The summed E-state index contributed by atoms with van der Waals surface area (Å²) in [6.45, 7) is 2.21. The van der Waals surface area contributed by atoms with Crippen molar-refractivity contribution in [2.75, 3.05) is 24.1 Å². The summed E-state index contributed by atoms with van der Waals surface area (Å²) in [4.78, 5) is 22.7. The third-order valence-corrected chi connectivity index (χ3v) is 6.47. The van der Waals surface area contributed by atoms with Gasteiger partial charge in [-0.05, 0) is 61.3 Å². The highest BCUT2D eigenvalue weighted by Crippen LogP contribution is 2.34. The fourth-order valence-corrected chi connectivity index (χ4v) is 4.67. The molecule has 1 saturated heterocycles. The highest BCUT2D eigenvalue weighted by molar-refractivity contribution is 5.79. The molecular formula is C26H28FN7O. The average molecular weight is 474 g/mol. The Morgan fingerprint density at radius 2 is 1.86 bits per heavy atom. The zero-order valence-electron chi connectivity index (χ0n) is 19.5. The average Bonchev–Trinajstić information content (AvgIpc) is 3.15. The number of aromatic nitrogens is 4. The van der Waals surface area contributed by atoms with E-state index < -0.39 is 0 Å². The second kappa shape index (κ2) is 9.71. The Hall–Kier alpha value is -3.98. The molecule has 0 bridgehead atoms. The highest BCUT2D eigenvalue weighted by Gasteiger charge is 2.27. The minimum atomic E-state index is -0.349. The lowest BCUT2D eigenvalue weighted by Crippen LogP contribution is -2.33. The van der Waals surface area contributed by atoms with Crippen molar-refractivity contribution in [1.82, 2.24) is 24.6 Å². The SMILES string of the molecule is Cn1c(=O)c(-c2ccc(F)cc2)c(-c2ccnc(NCc3ccccc3N)n2)n1C1CCNCC1. The summed E-state index contributed by atoms with van der Waals surface area (Å²) in [6, 6.07) is 15.6. The molecule has 4 aromatic rings. The molecule has 0 spiro atoms. The van der Waals surface area contributed by atoms with Crippen molar-refractivity contribution in [2.45, 2.75) is 25.4 Å². The normalized spacial score (nSPS) is 14.2. The number of halogens is 1. The number of anilines is 2. The third kappa shape index (κ3) is 4.54. The van der Waals surface area contributed by atoms with E-state index in [1.165, 1.54) is 12.1 Å². The molecule has 180 valence electrons. The molecule has 0 unspecified atom stereocenters. The summed E-state index contributed by atoms with van der Waals surface area (Å²) in [6.07, 6.45) is 3.46. The number of nitrogen functional groups attached to an aromatic ring is 1. The van der Waals surface area contributed by atoms with Crippen molar-refractivity contribution in [1.29, 1.82) is 0 Å². The maximum atomic E-state index is 13.7. The van der Waals surface area contributed by atoms with Crippen LogP contribution in [0.25, 0.3) is 22.5 Å². The predicted molar refractivity (Wildman–Crippen MR) is 135 cm³/mol. The first-order valence-corrected chi connectivity index (χ1v) is 11.7. The lowest BCUT2D eigenvalue weighted by atomic mass is 10.0. The first-order valence-electron chi connectivity index (χ1n) is 11.7. The topological polar surface area (TPSA) is 103 Å². The van der Waals surface area contributed by atoms with Crippen LogP contribution in [0.15, 0.2) is 65.6 Å². The molecule has 8 nitrogen and oxygen atoms in total. The fourth-order valence-electron chi connectivity index (χ4n) is 4.67. The zero-order valence-corrected chi connectivity index (χ0v) is 19.5. The van der Waals surface area contributed by atoms with E-state index in [1.54, 1.807) is 36.1 Å². The van der Waals surface area contributed by atoms with E-state index in [-0.39, 0.29) is 17.4 Å². The third-order valence-electron chi connectivity index (χ3n) is 6.47. The standard InChI is InChI=1S/C26H28FN7O/c1-33-25(35)23(17-6-8-19(27)9-7-17)24(34(33)20-10-13-29-14-11-20)22-12-15-30-26(32-22)31-16-18-4-2-3-5-21(18)28/h2-9,12,15,20,29H,10-11,13-14,16,28H2,1H3,(H,30,31,32). The molecule has 0 atom stereocenters. The molecule has 4 N–H and O–H groups in total. The summed E-state index contributed by atoms with van der Waals surface area (Å²) in [7, 11) is 1.78. The van der Waals surface area contributed by atoms with Crippen LogP contribution in [-0.2, 0) is 13.6 Å². The van der Waals surface area contributed by atoms with Crippen LogP contribution in [0, 0.1) is 5.82 Å². The fraction of sp³-hybridized carbons (Fsp3) is 0.269. The number of hydrogen-bond donors (Lipinski definition) is 3. The Kier molecular flexibility index (Phi) is 6.33. The number of nitrogens with one attached hydrogen (secondary N) is 2. The molecule has 35 heavy (non-hydrogen) atoms. The summed E-state index contributed by atoms with van der Waals surface area (Å²) in [5, 5.41) is 6.62. The van der Waals surface area contributed by atoms with Gasteiger partial charge in [0.1, 0.15) is 5.82 Å². The van der Waals surface area contributed by atoms with Crippen LogP contribution in [0.3, 0.4) is 0 Å². The second-order valence-corrected chi connectivity index (χ2v) is 8.70. The molecule has 2 aromatic heterocycles. The highest BCUT2D eigenvalue weighted by atomic mass is 19.1. The van der Waals surface area contributed by atoms with E-state index in [9.17, 15) is 9.18 Å². The van der Waals surface area contributed by atoms with Gasteiger partial charge in [0, 0.05) is 25.5 Å². The van der Waals surface area contributed by atoms with E-state index in [2.05, 4.69) is 15.6 Å². The van der Waals surface area contributed by atoms with E-state index in [1.807, 2.05) is 28.9 Å². The molecule has 3 heterocycles. The molecule has 0 radical (unpaired) electrons. The van der Waals surface area contributed by atoms with Gasteiger partial charge in [-0.25, -0.2) is 14.4 Å². The van der Waals surface area contributed by atoms with Crippen LogP contribution in [0.4, 0.5) is 16.0 Å². The Morgan fingerprint density at radius 1 is 1.11 bits per heavy atom. The Bertz CT molecular complexity index is 1390. The van der Waals surface area contributed by atoms with Crippen molar-refractivity contribution in [3.8, 4) is 22.5 Å². The number of para-hydroxylation sites is 1. The van der Waals surface area contributed by atoms with Gasteiger partial charge >= 0.3 is 0 Å². The van der Waals surface area contributed by atoms with Gasteiger partial charge in [-0.2, -0.15) is 0 Å². The largest absolute Gasteiger partial charge is 0.398 e. The maximum Gasteiger partial charge on any atom is 0.274 e. The van der Waals surface area contributed by atoms with Crippen molar-refractivity contribution in [2.24, 2.45) is 7.05 Å². The van der Waals surface area contributed by atoms with Crippen molar-refractivity contribution in [3.63, 3.8) is 0 Å². The van der Waals surface area contributed by atoms with E-state index in [4.69, 9.17) is 10.7 Å². The summed E-state index contributed by atoms with van der Waals surface area (Å²) in [5.74, 6) is 0.0857. The van der Waals surface area contributed by atoms with E-state index >= 15 is 0 Å². The molecule has 0 amide bonds. The summed E-state index contributed by atoms with van der Waals surface area (Å²) >= 11 is 0. The minimum absolute atomic E-state index is 0.133. The molecule has 0 aliphatic carbocycles. The number of benzene rings is 2. The van der Waals surface area contributed by atoms with Gasteiger partial charge in [-0.1, -0.05) is 30.3 Å². The van der Waals surface area contributed by atoms with Crippen LogP contribution < -0.4 is 21.9 Å². The first kappa shape index (κ1) is 22.8. The number of nitrogens with zero attached hydrogens (tertiary/aromatic N) is 4. The molecular weight excluding hydrogens is 445 g/mol. The van der Waals surface area contributed by atoms with Gasteiger partial charge in [0.15, 0.2) is 0 Å². The smallest absolute Gasteiger partial charge is 0.274 e. The summed E-state index contributed by atoms with van der Waals surface area (Å²) < 4.78 is 17.4. The van der Waals surface area contributed by atoms with Gasteiger partial charge in [0.25, 0.3) is 5.56 Å². The molecule has 9 heteroatoms. The van der Waals surface area contributed by atoms with Crippen LogP contribution in [0.2, 0.25) is 0 Å². The van der Waals surface area contributed by atoms with Gasteiger partial charge in [0.05, 0.1) is 23.0 Å².